The third-order valence-corrected chi connectivity index (χ3v) is 3.25. The van der Waals surface area contributed by atoms with Crippen molar-refractivity contribution in [3.8, 4) is 0 Å². The van der Waals surface area contributed by atoms with Crippen LogP contribution in [0.4, 0.5) is 5.69 Å². The van der Waals surface area contributed by atoms with Gasteiger partial charge in [-0.15, -0.1) is 0 Å². The third kappa shape index (κ3) is 2.05. The SMILES string of the molecule is Cc1nc2n(n1)CCN(C(=O)c1ccccc1N)C2. The Morgan fingerprint density at radius 1 is 1.32 bits per heavy atom. The number of nitrogens with zero attached hydrogens (tertiary/aromatic N) is 4. The predicted octanol–water partition coefficient (Wildman–Crippen LogP) is 0.825. The molecule has 2 N–H and O–H groups in total. The van der Waals surface area contributed by atoms with Crippen LogP contribution in [0.25, 0.3) is 0 Å². The van der Waals surface area contributed by atoms with Gasteiger partial charge in [-0.05, 0) is 19.1 Å². The standard InChI is InChI=1S/C13H15N5O/c1-9-15-12-8-17(6-7-18(12)16-9)13(19)10-4-2-3-5-11(10)14/h2-5H,6-8,14H2,1H3. The molecule has 0 saturated carbocycles. The number of hydrogen-bond acceptors (Lipinski definition) is 4. The molecule has 6 nitrogen and oxygen atoms in total. The van der Waals surface area contributed by atoms with Crippen LogP contribution in [0.3, 0.4) is 0 Å². The normalized spacial score (nSPS) is 14.3. The van der Waals surface area contributed by atoms with E-state index in [0.29, 0.717) is 30.9 Å². The lowest BCUT2D eigenvalue weighted by Crippen LogP contribution is -2.39. The van der Waals surface area contributed by atoms with Gasteiger partial charge in [-0.3, -0.25) is 4.79 Å². The molecule has 0 atom stereocenters. The first-order valence-electron chi connectivity index (χ1n) is 6.19. The number of hydrogen-bond donors (Lipinski definition) is 1. The molecule has 1 aromatic carbocycles. The lowest BCUT2D eigenvalue weighted by atomic mass is 10.1. The van der Waals surface area contributed by atoms with Gasteiger partial charge in [-0.1, -0.05) is 12.1 Å². The molecule has 0 radical (unpaired) electrons. The van der Waals surface area contributed by atoms with Gasteiger partial charge < -0.3 is 10.6 Å². The van der Waals surface area contributed by atoms with E-state index < -0.39 is 0 Å². The van der Waals surface area contributed by atoms with Crippen molar-refractivity contribution in [3.63, 3.8) is 0 Å². The fraction of sp³-hybridized carbons (Fsp3) is 0.308. The van der Waals surface area contributed by atoms with Gasteiger partial charge in [-0.2, -0.15) is 5.10 Å². The summed E-state index contributed by atoms with van der Waals surface area (Å²) in [6.07, 6.45) is 0. The van der Waals surface area contributed by atoms with Crippen LogP contribution in [0.2, 0.25) is 0 Å². The van der Waals surface area contributed by atoms with Gasteiger partial charge in [0.15, 0.2) is 0 Å². The maximum atomic E-state index is 12.4. The number of aryl methyl sites for hydroxylation is 1. The molecule has 0 spiro atoms. The summed E-state index contributed by atoms with van der Waals surface area (Å²) >= 11 is 0. The van der Waals surface area contributed by atoms with E-state index in [9.17, 15) is 4.79 Å². The highest BCUT2D eigenvalue weighted by Gasteiger charge is 2.24. The van der Waals surface area contributed by atoms with Crippen molar-refractivity contribution in [2.75, 3.05) is 12.3 Å². The number of carbonyl (C=O) groups is 1. The number of para-hydroxylation sites is 1. The van der Waals surface area contributed by atoms with Crippen molar-refractivity contribution in [2.24, 2.45) is 0 Å². The fourth-order valence-corrected chi connectivity index (χ4v) is 2.30. The quantitative estimate of drug-likeness (QED) is 0.767. The minimum atomic E-state index is -0.0509. The zero-order valence-electron chi connectivity index (χ0n) is 10.7. The Morgan fingerprint density at radius 2 is 2.11 bits per heavy atom. The Bertz CT molecular complexity index is 634. The van der Waals surface area contributed by atoms with Crippen LogP contribution in [-0.2, 0) is 13.1 Å². The maximum absolute atomic E-state index is 12.4. The predicted molar refractivity (Wildman–Crippen MR) is 70.4 cm³/mol. The van der Waals surface area contributed by atoms with Crippen molar-refractivity contribution in [2.45, 2.75) is 20.0 Å². The molecule has 1 amide bonds. The first-order chi connectivity index (χ1) is 9.15. The average Bonchev–Trinajstić information content (AvgIpc) is 2.77. The van der Waals surface area contributed by atoms with E-state index >= 15 is 0 Å². The molecule has 0 aliphatic carbocycles. The number of carbonyl (C=O) groups excluding carboxylic acids is 1. The zero-order chi connectivity index (χ0) is 13.4. The summed E-state index contributed by atoms with van der Waals surface area (Å²) in [6, 6.07) is 7.13. The fourth-order valence-electron chi connectivity index (χ4n) is 2.30. The van der Waals surface area contributed by atoms with E-state index in [2.05, 4.69) is 10.1 Å². The number of fused-ring (bicyclic) bond motifs is 1. The number of amides is 1. The van der Waals surface area contributed by atoms with Crippen molar-refractivity contribution < 1.29 is 4.79 Å². The van der Waals surface area contributed by atoms with Gasteiger partial charge in [0.25, 0.3) is 5.91 Å². The van der Waals surface area contributed by atoms with E-state index in [4.69, 9.17) is 5.73 Å². The molecular formula is C13H15N5O. The summed E-state index contributed by atoms with van der Waals surface area (Å²) < 4.78 is 1.85. The molecule has 2 aromatic rings. The molecule has 0 bridgehead atoms. The summed E-state index contributed by atoms with van der Waals surface area (Å²) in [5.41, 5.74) is 6.90. The highest BCUT2D eigenvalue weighted by Crippen LogP contribution is 2.17. The summed E-state index contributed by atoms with van der Waals surface area (Å²) in [5.74, 6) is 1.51. The number of aromatic nitrogens is 3. The number of anilines is 1. The van der Waals surface area contributed by atoms with Gasteiger partial charge in [0.2, 0.25) is 0 Å². The summed E-state index contributed by atoms with van der Waals surface area (Å²) in [7, 11) is 0. The van der Waals surface area contributed by atoms with Crippen molar-refractivity contribution in [1.82, 2.24) is 19.7 Å². The molecule has 19 heavy (non-hydrogen) atoms. The Morgan fingerprint density at radius 3 is 2.89 bits per heavy atom. The molecule has 98 valence electrons. The van der Waals surface area contributed by atoms with E-state index in [1.807, 2.05) is 23.7 Å². The minimum absolute atomic E-state index is 0.0509. The monoisotopic (exact) mass is 257 g/mol. The lowest BCUT2D eigenvalue weighted by molar-refractivity contribution is 0.0703. The molecule has 1 aromatic heterocycles. The van der Waals surface area contributed by atoms with Crippen molar-refractivity contribution >= 4 is 11.6 Å². The summed E-state index contributed by atoms with van der Waals surface area (Å²) in [5, 5.41) is 4.28. The number of rotatable bonds is 1. The molecule has 0 saturated heterocycles. The molecule has 1 aliphatic heterocycles. The van der Waals surface area contributed by atoms with Crippen LogP contribution in [0.1, 0.15) is 22.0 Å². The molecular weight excluding hydrogens is 242 g/mol. The second kappa shape index (κ2) is 4.38. The smallest absolute Gasteiger partial charge is 0.256 e. The van der Waals surface area contributed by atoms with Crippen molar-refractivity contribution in [1.29, 1.82) is 0 Å². The van der Waals surface area contributed by atoms with Crippen LogP contribution < -0.4 is 5.73 Å². The average molecular weight is 257 g/mol. The third-order valence-electron chi connectivity index (χ3n) is 3.25. The zero-order valence-corrected chi connectivity index (χ0v) is 10.7. The number of benzene rings is 1. The van der Waals surface area contributed by atoms with Crippen LogP contribution in [0.15, 0.2) is 24.3 Å². The van der Waals surface area contributed by atoms with Gasteiger partial charge in [-0.25, -0.2) is 9.67 Å². The number of nitrogen functional groups attached to an aromatic ring is 1. The van der Waals surface area contributed by atoms with Crippen LogP contribution in [-0.4, -0.2) is 32.1 Å². The first kappa shape index (κ1) is 11.7. The van der Waals surface area contributed by atoms with Crippen LogP contribution in [0.5, 0.6) is 0 Å². The summed E-state index contributed by atoms with van der Waals surface area (Å²) in [4.78, 5) is 18.5. The van der Waals surface area contributed by atoms with E-state index in [-0.39, 0.29) is 5.91 Å². The largest absolute Gasteiger partial charge is 0.398 e. The van der Waals surface area contributed by atoms with Gasteiger partial charge in [0, 0.05) is 12.2 Å². The minimum Gasteiger partial charge on any atom is -0.398 e. The topological polar surface area (TPSA) is 77.0 Å². The highest BCUT2D eigenvalue weighted by molar-refractivity contribution is 5.99. The number of nitrogens with two attached hydrogens (primary N) is 1. The lowest BCUT2D eigenvalue weighted by Gasteiger charge is -2.27. The molecule has 1 aliphatic rings. The maximum Gasteiger partial charge on any atom is 0.256 e. The first-order valence-corrected chi connectivity index (χ1v) is 6.19. The highest BCUT2D eigenvalue weighted by atomic mass is 16.2. The Balaban J connectivity index is 1.85. The Hall–Kier alpha value is -2.37. The Labute approximate surface area is 110 Å². The van der Waals surface area contributed by atoms with Gasteiger partial charge in [0.05, 0.1) is 18.7 Å². The second-order valence-electron chi connectivity index (χ2n) is 4.61. The molecule has 6 heteroatoms. The van der Waals surface area contributed by atoms with E-state index in [1.165, 1.54) is 0 Å². The molecule has 0 fully saturated rings. The summed E-state index contributed by atoms with van der Waals surface area (Å²) in [6.45, 7) is 3.64. The van der Waals surface area contributed by atoms with E-state index in [0.717, 1.165) is 11.6 Å². The Kier molecular flexibility index (Phi) is 2.70. The van der Waals surface area contributed by atoms with Gasteiger partial charge >= 0.3 is 0 Å². The van der Waals surface area contributed by atoms with Crippen molar-refractivity contribution in [3.05, 3.63) is 41.5 Å². The van der Waals surface area contributed by atoms with Crippen LogP contribution in [0, 0.1) is 6.92 Å². The van der Waals surface area contributed by atoms with Crippen LogP contribution >= 0.6 is 0 Å². The van der Waals surface area contributed by atoms with Gasteiger partial charge in [0.1, 0.15) is 11.6 Å². The molecule has 0 unspecified atom stereocenters. The molecule has 3 rings (SSSR count). The second-order valence-corrected chi connectivity index (χ2v) is 4.61. The molecule has 2 heterocycles. The van der Waals surface area contributed by atoms with E-state index in [1.54, 1.807) is 17.0 Å².